The van der Waals surface area contributed by atoms with E-state index in [1.54, 1.807) is 28.8 Å². The average molecular weight is 493 g/mol. The van der Waals surface area contributed by atoms with Gasteiger partial charge in [0, 0.05) is 36.1 Å². The summed E-state index contributed by atoms with van der Waals surface area (Å²) in [7, 11) is 0. The molecule has 2 amide bonds. The number of nitrogens with zero attached hydrogens (tertiary/aromatic N) is 1. The highest BCUT2D eigenvalue weighted by Gasteiger charge is 2.30. The van der Waals surface area contributed by atoms with Gasteiger partial charge in [0.2, 0.25) is 11.8 Å². The van der Waals surface area contributed by atoms with Crippen molar-refractivity contribution in [2.75, 3.05) is 5.75 Å². The Morgan fingerprint density at radius 1 is 0.914 bits per heavy atom. The Hall–Kier alpha value is -3.12. The molecule has 0 saturated heterocycles. The highest BCUT2D eigenvalue weighted by atomic mass is 32.2. The monoisotopic (exact) mass is 492 g/mol. The van der Waals surface area contributed by atoms with E-state index in [1.807, 2.05) is 74.5 Å². The first kappa shape index (κ1) is 26.5. The van der Waals surface area contributed by atoms with Crippen LogP contribution in [-0.4, -0.2) is 34.6 Å². The molecule has 0 aliphatic carbocycles. The fraction of sp³-hybridized carbons (Fsp3) is 0.310. The second-order valence-electron chi connectivity index (χ2n) is 8.58. The molecule has 35 heavy (non-hydrogen) atoms. The van der Waals surface area contributed by atoms with Gasteiger partial charge in [-0.2, -0.15) is 0 Å². The van der Waals surface area contributed by atoms with E-state index >= 15 is 0 Å². The number of thioether (sulfide) groups is 1. The van der Waals surface area contributed by atoms with Gasteiger partial charge in [-0.25, -0.2) is 4.39 Å². The second-order valence-corrected chi connectivity index (χ2v) is 9.75. The van der Waals surface area contributed by atoms with E-state index in [-0.39, 0.29) is 30.2 Å². The summed E-state index contributed by atoms with van der Waals surface area (Å²) in [5.41, 5.74) is 1.76. The van der Waals surface area contributed by atoms with Crippen LogP contribution in [0.5, 0.6) is 0 Å². The molecular formula is C29H33FN2O2S. The molecule has 3 aromatic carbocycles. The van der Waals surface area contributed by atoms with Gasteiger partial charge >= 0.3 is 0 Å². The van der Waals surface area contributed by atoms with E-state index in [1.165, 1.54) is 12.1 Å². The second kappa shape index (κ2) is 13.7. The Morgan fingerprint density at radius 3 is 2.17 bits per heavy atom. The number of carbonyl (C=O) groups is 2. The predicted octanol–water partition coefficient (Wildman–Crippen LogP) is 5.86. The van der Waals surface area contributed by atoms with E-state index < -0.39 is 6.04 Å². The maximum atomic E-state index is 13.6. The van der Waals surface area contributed by atoms with Crippen molar-refractivity contribution in [1.29, 1.82) is 0 Å². The minimum absolute atomic E-state index is 0.00261. The summed E-state index contributed by atoms with van der Waals surface area (Å²) >= 11 is 1.62. The predicted molar refractivity (Wildman–Crippen MR) is 141 cm³/mol. The Kier molecular flexibility index (Phi) is 10.4. The zero-order valence-corrected chi connectivity index (χ0v) is 21.1. The maximum absolute atomic E-state index is 13.6. The van der Waals surface area contributed by atoms with Crippen molar-refractivity contribution in [3.05, 3.63) is 102 Å². The normalized spacial score (nSPS) is 12.5. The quantitative estimate of drug-likeness (QED) is 0.322. The van der Waals surface area contributed by atoms with Crippen LogP contribution in [0, 0.1) is 5.82 Å². The molecule has 0 spiro atoms. The molecular weight excluding hydrogens is 459 g/mol. The number of carbonyl (C=O) groups excluding carboxylic acids is 2. The Balaban J connectivity index is 1.85. The molecule has 3 rings (SSSR count). The Morgan fingerprint density at radius 2 is 1.54 bits per heavy atom. The lowest BCUT2D eigenvalue weighted by Gasteiger charge is -2.32. The average Bonchev–Trinajstić information content (AvgIpc) is 2.88. The number of hydrogen-bond acceptors (Lipinski definition) is 3. The molecule has 0 saturated carbocycles. The van der Waals surface area contributed by atoms with E-state index in [9.17, 15) is 14.0 Å². The number of nitrogens with one attached hydrogen (secondary N) is 1. The molecule has 4 nitrogen and oxygen atoms in total. The van der Waals surface area contributed by atoms with E-state index in [2.05, 4.69) is 5.32 Å². The molecule has 0 aliphatic rings. The fourth-order valence-electron chi connectivity index (χ4n) is 3.70. The van der Waals surface area contributed by atoms with Crippen LogP contribution < -0.4 is 5.32 Å². The molecule has 184 valence electrons. The van der Waals surface area contributed by atoms with Crippen molar-refractivity contribution < 1.29 is 14.0 Å². The lowest BCUT2D eigenvalue weighted by Crippen LogP contribution is -2.52. The minimum Gasteiger partial charge on any atom is -0.352 e. The van der Waals surface area contributed by atoms with Gasteiger partial charge in [0.05, 0.1) is 0 Å². The van der Waals surface area contributed by atoms with E-state index in [0.29, 0.717) is 18.6 Å². The van der Waals surface area contributed by atoms with Gasteiger partial charge in [-0.3, -0.25) is 9.59 Å². The third kappa shape index (κ3) is 8.55. The maximum Gasteiger partial charge on any atom is 0.243 e. The third-order valence-corrected chi connectivity index (χ3v) is 6.88. The number of benzene rings is 3. The summed E-state index contributed by atoms with van der Waals surface area (Å²) in [6.07, 6.45) is 1.49. The van der Waals surface area contributed by atoms with Crippen molar-refractivity contribution in [3.8, 4) is 0 Å². The van der Waals surface area contributed by atoms with Gasteiger partial charge in [0.1, 0.15) is 11.9 Å². The summed E-state index contributed by atoms with van der Waals surface area (Å²) in [4.78, 5) is 29.7. The number of rotatable bonds is 12. The summed E-state index contributed by atoms with van der Waals surface area (Å²) in [6, 6.07) is 25.1. The molecule has 2 atom stereocenters. The molecule has 3 aromatic rings. The smallest absolute Gasteiger partial charge is 0.243 e. The van der Waals surface area contributed by atoms with Crippen molar-refractivity contribution in [2.45, 2.75) is 56.6 Å². The zero-order valence-electron chi connectivity index (χ0n) is 20.3. The Labute approximate surface area is 211 Å². The van der Waals surface area contributed by atoms with Crippen LogP contribution in [0.25, 0.3) is 0 Å². The van der Waals surface area contributed by atoms with Gasteiger partial charge in [-0.15, -0.1) is 11.8 Å². The molecule has 6 heteroatoms. The summed E-state index contributed by atoms with van der Waals surface area (Å²) in [5.74, 6) is 0.00182. The first-order valence-electron chi connectivity index (χ1n) is 12.0. The first-order chi connectivity index (χ1) is 17.0. The highest BCUT2D eigenvalue weighted by molar-refractivity contribution is 7.99. The molecule has 0 bridgehead atoms. The van der Waals surface area contributed by atoms with E-state index in [0.717, 1.165) is 22.4 Å². The number of amides is 2. The first-order valence-corrected chi connectivity index (χ1v) is 13.0. The van der Waals surface area contributed by atoms with Crippen molar-refractivity contribution in [1.82, 2.24) is 10.2 Å². The molecule has 0 heterocycles. The molecule has 0 aromatic heterocycles. The van der Waals surface area contributed by atoms with Gasteiger partial charge < -0.3 is 10.2 Å². The highest BCUT2D eigenvalue weighted by Crippen LogP contribution is 2.21. The van der Waals surface area contributed by atoms with Gasteiger partial charge in [-0.1, -0.05) is 67.6 Å². The zero-order chi connectivity index (χ0) is 25.0. The molecule has 0 aliphatic heterocycles. The SMILES string of the molecule is CC[C@H](C)NC(=O)[C@@H](Cc1ccccc1)N(Cc1ccc(F)cc1)C(=O)CCSc1ccccc1. The van der Waals surface area contributed by atoms with Crippen molar-refractivity contribution >= 4 is 23.6 Å². The third-order valence-electron chi connectivity index (χ3n) is 5.87. The standard InChI is InChI=1S/C29H33FN2O2S/c1-3-22(2)31-29(34)27(20-23-10-6-4-7-11-23)32(21-24-14-16-25(30)17-15-24)28(33)18-19-35-26-12-8-5-9-13-26/h4-17,22,27H,3,18-21H2,1-2H3,(H,31,34)/t22-,27+/m0/s1. The van der Waals surface area contributed by atoms with Crippen molar-refractivity contribution in [3.63, 3.8) is 0 Å². The van der Waals surface area contributed by atoms with Crippen LogP contribution in [0.15, 0.2) is 89.8 Å². The van der Waals surface area contributed by atoms with Crippen LogP contribution >= 0.6 is 11.8 Å². The fourth-order valence-corrected chi connectivity index (χ4v) is 4.56. The van der Waals surface area contributed by atoms with Crippen LogP contribution in [0.2, 0.25) is 0 Å². The largest absolute Gasteiger partial charge is 0.352 e. The van der Waals surface area contributed by atoms with E-state index in [4.69, 9.17) is 0 Å². The topological polar surface area (TPSA) is 49.4 Å². The lowest BCUT2D eigenvalue weighted by atomic mass is 10.0. The van der Waals surface area contributed by atoms with Crippen LogP contribution in [0.1, 0.15) is 37.8 Å². The Bertz CT molecular complexity index is 1060. The minimum atomic E-state index is -0.675. The molecule has 0 unspecified atom stereocenters. The van der Waals surface area contributed by atoms with Gasteiger partial charge in [0.15, 0.2) is 0 Å². The summed E-state index contributed by atoms with van der Waals surface area (Å²) in [6.45, 7) is 4.21. The molecule has 0 fully saturated rings. The lowest BCUT2D eigenvalue weighted by molar-refractivity contribution is -0.141. The van der Waals surface area contributed by atoms with Crippen LogP contribution in [0.3, 0.4) is 0 Å². The molecule has 1 N–H and O–H groups in total. The summed E-state index contributed by atoms with van der Waals surface area (Å²) < 4.78 is 13.5. The van der Waals surface area contributed by atoms with Gasteiger partial charge in [0.25, 0.3) is 0 Å². The van der Waals surface area contributed by atoms with Crippen molar-refractivity contribution in [2.24, 2.45) is 0 Å². The van der Waals surface area contributed by atoms with Crippen LogP contribution in [-0.2, 0) is 22.6 Å². The molecule has 0 radical (unpaired) electrons. The number of halogens is 1. The van der Waals surface area contributed by atoms with Crippen LogP contribution in [0.4, 0.5) is 4.39 Å². The summed E-state index contributed by atoms with van der Waals surface area (Å²) in [5, 5.41) is 3.06. The number of hydrogen-bond donors (Lipinski definition) is 1. The van der Waals surface area contributed by atoms with Gasteiger partial charge in [-0.05, 0) is 48.7 Å².